The van der Waals surface area contributed by atoms with Crippen LogP contribution in [0, 0.1) is 0 Å². The third-order valence-corrected chi connectivity index (χ3v) is 3.28. The number of sulfonamides is 1. The van der Waals surface area contributed by atoms with Crippen molar-refractivity contribution in [3.05, 3.63) is 12.5 Å². The van der Waals surface area contributed by atoms with Crippen molar-refractivity contribution in [3.63, 3.8) is 0 Å². The second-order valence-corrected chi connectivity index (χ2v) is 5.17. The van der Waals surface area contributed by atoms with Crippen molar-refractivity contribution < 1.29 is 8.42 Å². The van der Waals surface area contributed by atoms with E-state index in [1.165, 1.54) is 12.5 Å². The number of nitrogens with zero attached hydrogens (tertiary/aromatic N) is 1. The predicted molar refractivity (Wildman–Crippen MR) is 56.7 cm³/mol. The van der Waals surface area contributed by atoms with Crippen LogP contribution in [-0.2, 0) is 10.0 Å². The van der Waals surface area contributed by atoms with E-state index in [-0.39, 0.29) is 11.1 Å². The summed E-state index contributed by atoms with van der Waals surface area (Å²) in [5, 5.41) is 0.0864. The van der Waals surface area contributed by atoms with Crippen LogP contribution in [-0.4, -0.2) is 31.0 Å². The summed E-state index contributed by atoms with van der Waals surface area (Å²) >= 11 is 0. The zero-order valence-electron chi connectivity index (χ0n) is 8.60. The number of hydrogen-bond acceptors (Lipinski definition) is 4. The van der Waals surface area contributed by atoms with E-state index in [1.54, 1.807) is 0 Å². The Kier molecular flexibility index (Phi) is 4.25. The highest BCUT2D eigenvalue weighted by Gasteiger charge is 2.13. The molecule has 0 fully saturated rings. The van der Waals surface area contributed by atoms with Crippen LogP contribution in [0.15, 0.2) is 17.6 Å². The third kappa shape index (κ3) is 3.98. The molecule has 0 radical (unpaired) electrons. The number of nitrogens with two attached hydrogens (primary N) is 1. The molecular formula is C8H16N4O2S. The molecule has 4 N–H and O–H groups in total. The van der Waals surface area contributed by atoms with Crippen molar-refractivity contribution in [3.8, 4) is 0 Å². The van der Waals surface area contributed by atoms with E-state index in [2.05, 4.69) is 14.7 Å². The molecule has 0 bridgehead atoms. The SMILES string of the molecule is CC(N)CCCNS(=O)(=O)c1cnc[nH]1. The van der Waals surface area contributed by atoms with Gasteiger partial charge in [-0.05, 0) is 19.8 Å². The average molecular weight is 232 g/mol. The van der Waals surface area contributed by atoms with Gasteiger partial charge in [0.1, 0.15) is 0 Å². The van der Waals surface area contributed by atoms with Crippen LogP contribution >= 0.6 is 0 Å². The van der Waals surface area contributed by atoms with E-state index >= 15 is 0 Å². The number of nitrogens with one attached hydrogen (secondary N) is 2. The maximum absolute atomic E-state index is 11.5. The second kappa shape index (κ2) is 5.24. The molecule has 0 saturated carbocycles. The van der Waals surface area contributed by atoms with Gasteiger partial charge in [0.2, 0.25) is 0 Å². The Bertz CT molecular complexity index is 371. The minimum atomic E-state index is -3.42. The molecule has 1 heterocycles. The van der Waals surface area contributed by atoms with Crippen molar-refractivity contribution in [2.45, 2.75) is 30.8 Å². The van der Waals surface area contributed by atoms with Crippen LogP contribution in [0.3, 0.4) is 0 Å². The van der Waals surface area contributed by atoms with Crippen molar-refractivity contribution in [1.82, 2.24) is 14.7 Å². The van der Waals surface area contributed by atoms with Crippen LogP contribution in [0.4, 0.5) is 0 Å². The van der Waals surface area contributed by atoms with E-state index in [0.717, 1.165) is 12.8 Å². The van der Waals surface area contributed by atoms with Crippen LogP contribution in [0.25, 0.3) is 0 Å². The van der Waals surface area contributed by atoms with Gasteiger partial charge in [-0.2, -0.15) is 0 Å². The highest BCUT2D eigenvalue weighted by molar-refractivity contribution is 7.89. The molecule has 0 amide bonds. The number of aromatic amines is 1. The Morgan fingerprint density at radius 1 is 1.67 bits per heavy atom. The van der Waals surface area contributed by atoms with E-state index in [4.69, 9.17) is 5.73 Å². The van der Waals surface area contributed by atoms with Crippen molar-refractivity contribution in [2.24, 2.45) is 5.73 Å². The zero-order valence-corrected chi connectivity index (χ0v) is 9.42. The fourth-order valence-corrected chi connectivity index (χ4v) is 2.07. The van der Waals surface area contributed by atoms with Gasteiger partial charge in [0.05, 0.1) is 12.5 Å². The highest BCUT2D eigenvalue weighted by Crippen LogP contribution is 2.02. The molecular weight excluding hydrogens is 216 g/mol. The topological polar surface area (TPSA) is 101 Å². The van der Waals surface area contributed by atoms with Crippen LogP contribution < -0.4 is 10.5 Å². The quantitative estimate of drug-likeness (QED) is 0.592. The molecule has 6 nitrogen and oxygen atoms in total. The summed E-state index contributed by atoms with van der Waals surface area (Å²) in [7, 11) is -3.42. The lowest BCUT2D eigenvalue weighted by Crippen LogP contribution is -2.26. The van der Waals surface area contributed by atoms with Crippen molar-refractivity contribution in [2.75, 3.05) is 6.54 Å². The first-order valence-corrected chi connectivity index (χ1v) is 6.24. The molecule has 1 aromatic heterocycles. The van der Waals surface area contributed by atoms with E-state index in [9.17, 15) is 8.42 Å². The maximum Gasteiger partial charge on any atom is 0.257 e. The van der Waals surface area contributed by atoms with E-state index < -0.39 is 10.0 Å². The summed E-state index contributed by atoms with van der Waals surface area (Å²) in [5.74, 6) is 0. The van der Waals surface area contributed by atoms with Gasteiger partial charge in [-0.1, -0.05) is 0 Å². The van der Waals surface area contributed by atoms with Crippen LogP contribution in [0.1, 0.15) is 19.8 Å². The first-order valence-electron chi connectivity index (χ1n) is 4.76. The number of H-pyrrole nitrogens is 1. The summed E-state index contributed by atoms with van der Waals surface area (Å²) in [5.41, 5.74) is 5.54. The fraction of sp³-hybridized carbons (Fsp3) is 0.625. The fourth-order valence-electron chi connectivity index (χ4n) is 1.10. The lowest BCUT2D eigenvalue weighted by molar-refractivity contribution is 0.565. The summed E-state index contributed by atoms with van der Waals surface area (Å²) in [6, 6.07) is 0.0988. The number of hydrogen-bond donors (Lipinski definition) is 3. The minimum absolute atomic E-state index is 0.0864. The predicted octanol–water partition coefficient (Wildman–Crippen LogP) is -0.185. The molecule has 7 heteroatoms. The Morgan fingerprint density at radius 3 is 2.93 bits per heavy atom. The molecule has 15 heavy (non-hydrogen) atoms. The molecule has 1 unspecified atom stereocenters. The van der Waals surface area contributed by atoms with Gasteiger partial charge in [0.25, 0.3) is 10.0 Å². The molecule has 1 aromatic rings. The van der Waals surface area contributed by atoms with Gasteiger partial charge in [-0.3, -0.25) is 0 Å². The van der Waals surface area contributed by atoms with Crippen LogP contribution in [0.5, 0.6) is 0 Å². The lowest BCUT2D eigenvalue weighted by atomic mass is 10.2. The lowest BCUT2D eigenvalue weighted by Gasteiger charge is -2.06. The molecule has 0 aliphatic heterocycles. The van der Waals surface area contributed by atoms with E-state index in [1.807, 2.05) is 6.92 Å². The monoisotopic (exact) mass is 232 g/mol. The smallest absolute Gasteiger partial charge is 0.257 e. The third-order valence-electron chi connectivity index (χ3n) is 1.89. The highest BCUT2D eigenvalue weighted by atomic mass is 32.2. The summed E-state index contributed by atoms with van der Waals surface area (Å²) < 4.78 is 25.5. The summed E-state index contributed by atoms with van der Waals surface area (Å²) in [6.45, 7) is 2.28. The first-order chi connectivity index (χ1) is 7.02. The Hall–Kier alpha value is -0.920. The van der Waals surface area contributed by atoms with E-state index in [0.29, 0.717) is 6.54 Å². The number of rotatable bonds is 6. The standard InChI is InChI=1S/C8H16N4O2S/c1-7(9)3-2-4-12-15(13,14)8-5-10-6-11-8/h5-7,12H,2-4,9H2,1H3,(H,10,11). The van der Waals surface area contributed by atoms with Gasteiger partial charge < -0.3 is 10.7 Å². The van der Waals surface area contributed by atoms with Gasteiger partial charge in [0.15, 0.2) is 5.03 Å². The van der Waals surface area contributed by atoms with Crippen LogP contribution in [0.2, 0.25) is 0 Å². The van der Waals surface area contributed by atoms with Gasteiger partial charge in [0, 0.05) is 12.6 Å². The summed E-state index contributed by atoms with van der Waals surface area (Å²) in [4.78, 5) is 6.19. The largest absolute Gasteiger partial charge is 0.335 e. The molecule has 0 spiro atoms. The first kappa shape index (κ1) is 12.2. The number of aromatic nitrogens is 2. The Morgan fingerprint density at radius 2 is 2.40 bits per heavy atom. The number of imidazole rings is 1. The molecule has 1 rings (SSSR count). The molecule has 1 atom stereocenters. The van der Waals surface area contributed by atoms with Crippen molar-refractivity contribution >= 4 is 10.0 Å². The molecule has 0 aromatic carbocycles. The summed E-state index contributed by atoms with van der Waals surface area (Å²) in [6.07, 6.45) is 4.13. The molecule has 0 saturated heterocycles. The minimum Gasteiger partial charge on any atom is -0.335 e. The molecule has 0 aliphatic rings. The van der Waals surface area contributed by atoms with Gasteiger partial charge >= 0.3 is 0 Å². The van der Waals surface area contributed by atoms with Gasteiger partial charge in [-0.25, -0.2) is 18.1 Å². The molecule has 0 aliphatic carbocycles. The zero-order chi connectivity index (χ0) is 11.3. The normalized spacial score (nSPS) is 14.0. The van der Waals surface area contributed by atoms with Gasteiger partial charge in [-0.15, -0.1) is 0 Å². The maximum atomic E-state index is 11.5. The Balaban J connectivity index is 2.39. The second-order valence-electron chi connectivity index (χ2n) is 3.43. The average Bonchev–Trinajstić information content (AvgIpc) is 2.65. The van der Waals surface area contributed by atoms with Crippen molar-refractivity contribution in [1.29, 1.82) is 0 Å². The Labute approximate surface area is 89.3 Å². The molecule has 86 valence electrons.